The van der Waals surface area contributed by atoms with E-state index in [-0.39, 0.29) is 18.5 Å². The molecule has 0 unspecified atom stereocenters. The van der Waals surface area contributed by atoms with E-state index >= 15 is 0 Å². The van der Waals surface area contributed by atoms with E-state index < -0.39 is 0 Å². The van der Waals surface area contributed by atoms with Crippen molar-refractivity contribution < 1.29 is 14.3 Å². The quantitative estimate of drug-likeness (QED) is 0.702. The fourth-order valence-electron chi connectivity index (χ4n) is 1.47. The third-order valence-corrected chi connectivity index (χ3v) is 2.31. The lowest BCUT2D eigenvalue weighted by Crippen LogP contribution is -2.34. The topological polar surface area (TPSA) is 59.6 Å². The van der Waals surface area contributed by atoms with Gasteiger partial charge in [-0.1, -0.05) is 0 Å². The Morgan fingerprint density at radius 2 is 1.89 bits per heavy atom. The molecule has 1 amide bonds. The normalized spacial score (nSPS) is 10.3. The van der Waals surface area contributed by atoms with Gasteiger partial charge in [-0.05, 0) is 38.1 Å². The smallest absolute Gasteiger partial charge is 0.239 e. The van der Waals surface area contributed by atoms with Crippen LogP contribution in [0.25, 0.3) is 0 Å². The summed E-state index contributed by atoms with van der Waals surface area (Å²) in [5.74, 6) is 0.768. The number of carbonyl (C=O) groups excluding carboxylic acids is 1. The fraction of sp³-hybridized carbons (Fsp3) is 0.500. The molecule has 2 N–H and O–H groups in total. The molecule has 0 atom stereocenters. The van der Waals surface area contributed by atoms with Gasteiger partial charge in [0.15, 0.2) is 0 Å². The first kappa shape index (κ1) is 15.3. The van der Waals surface area contributed by atoms with Gasteiger partial charge in [0.2, 0.25) is 5.91 Å². The standard InChI is InChI=1S/C14H22N2O3/c1-11(2)16-14(17)10-15-12-4-6-13(7-5-12)19-9-8-18-3/h4-7,11,15H,8-10H2,1-3H3,(H,16,17). The Morgan fingerprint density at radius 1 is 1.21 bits per heavy atom. The molecule has 0 saturated heterocycles. The summed E-state index contributed by atoms with van der Waals surface area (Å²) in [6, 6.07) is 7.64. The molecule has 0 fully saturated rings. The molecule has 1 aromatic rings. The van der Waals surface area contributed by atoms with Crippen LogP contribution in [0.1, 0.15) is 13.8 Å². The van der Waals surface area contributed by atoms with E-state index in [1.165, 1.54) is 0 Å². The van der Waals surface area contributed by atoms with Crippen molar-refractivity contribution in [1.82, 2.24) is 5.32 Å². The first-order valence-corrected chi connectivity index (χ1v) is 6.37. The monoisotopic (exact) mass is 266 g/mol. The summed E-state index contributed by atoms with van der Waals surface area (Å²) in [4.78, 5) is 11.5. The lowest BCUT2D eigenvalue weighted by atomic mass is 10.3. The van der Waals surface area contributed by atoms with Gasteiger partial charge < -0.3 is 20.1 Å². The van der Waals surface area contributed by atoms with E-state index in [0.29, 0.717) is 13.2 Å². The molecule has 0 aliphatic carbocycles. The molecule has 1 rings (SSSR count). The number of benzene rings is 1. The van der Waals surface area contributed by atoms with Crippen molar-refractivity contribution in [3.05, 3.63) is 24.3 Å². The van der Waals surface area contributed by atoms with Crippen molar-refractivity contribution in [2.75, 3.05) is 32.2 Å². The molecular formula is C14H22N2O3. The third kappa shape index (κ3) is 6.67. The molecule has 0 heterocycles. The van der Waals surface area contributed by atoms with Crippen LogP contribution in [0.2, 0.25) is 0 Å². The second kappa shape index (κ2) is 8.37. The van der Waals surface area contributed by atoms with Crippen LogP contribution in [0, 0.1) is 0 Å². The predicted molar refractivity (Wildman–Crippen MR) is 75.6 cm³/mol. The Morgan fingerprint density at radius 3 is 2.47 bits per heavy atom. The zero-order valence-corrected chi connectivity index (χ0v) is 11.7. The highest BCUT2D eigenvalue weighted by Gasteiger charge is 2.02. The summed E-state index contributed by atoms with van der Waals surface area (Å²) >= 11 is 0. The van der Waals surface area contributed by atoms with Crippen LogP contribution in [0.4, 0.5) is 5.69 Å². The lowest BCUT2D eigenvalue weighted by molar-refractivity contribution is -0.119. The second-order valence-electron chi connectivity index (χ2n) is 4.44. The molecule has 0 aliphatic rings. The maximum absolute atomic E-state index is 11.5. The van der Waals surface area contributed by atoms with Crippen molar-refractivity contribution in [3.8, 4) is 5.75 Å². The van der Waals surface area contributed by atoms with E-state index in [0.717, 1.165) is 11.4 Å². The first-order chi connectivity index (χ1) is 9.11. The van der Waals surface area contributed by atoms with Gasteiger partial charge in [-0.2, -0.15) is 0 Å². The number of methoxy groups -OCH3 is 1. The Labute approximate surface area is 114 Å². The van der Waals surface area contributed by atoms with E-state index in [2.05, 4.69) is 10.6 Å². The van der Waals surface area contributed by atoms with Crippen LogP contribution in [-0.2, 0) is 9.53 Å². The number of anilines is 1. The zero-order valence-electron chi connectivity index (χ0n) is 11.7. The van der Waals surface area contributed by atoms with E-state index in [4.69, 9.17) is 9.47 Å². The minimum absolute atomic E-state index is 0.0181. The van der Waals surface area contributed by atoms with Gasteiger partial charge in [-0.3, -0.25) is 4.79 Å². The molecule has 19 heavy (non-hydrogen) atoms. The van der Waals surface area contributed by atoms with E-state index in [1.807, 2.05) is 38.1 Å². The van der Waals surface area contributed by atoms with Crippen molar-refractivity contribution in [2.45, 2.75) is 19.9 Å². The number of hydrogen-bond donors (Lipinski definition) is 2. The summed E-state index contributed by atoms with van der Waals surface area (Å²) in [5.41, 5.74) is 0.887. The molecule has 0 bridgehead atoms. The first-order valence-electron chi connectivity index (χ1n) is 6.37. The molecular weight excluding hydrogens is 244 g/mol. The summed E-state index contributed by atoms with van der Waals surface area (Å²) in [6.45, 7) is 5.23. The van der Waals surface area contributed by atoms with Crippen molar-refractivity contribution in [1.29, 1.82) is 0 Å². The summed E-state index contributed by atoms with van der Waals surface area (Å²) in [5, 5.41) is 5.87. The van der Waals surface area contributed by atoms with Gasteiger partial charge in [0.1, 0.15) is 12.4 Å². The van der Waals surface area contributed by atoms with Crippen LogP contribution in [0.15, 0.2) is 24.3 Å². The van der Waals surface area contributed by atoms with Crippen molar-refractivity contribution in [2.24, 2.45) is 0 Å². The second-order valence-corrected chi connectivity index (χ2v) is 4.44. The zero-order chi connectivity index (χ0) is 14.1. The molecule has 1 aromatic carbocycles. The van der Waals surface area contributed by atoms with E-state index in [9.17, 15) is 4.79 Å². The number of hydrogen-bond acceptors (Lipinski definition) is 4. The van der Waals surface area contributed by atoms with Crippen LogP contribution >= 0.6 is 0 Å². The van der Waals surface area contributed by atoms with Crippen molar-refractivity contribution in [3.63, 3.8) is 0 Å². The molecule has 106 valence electrons. The lowest BCUT2D eigenvalue weighted by Gasteiger charge is -2.10. The Hall–Kier alpha value is -1.75. The maximum atomic E-state index is 11.5. The molecule has 0 spiro atoms. The van der Waals surface area contributed by atoms with E-state index in [1.54, 1.807) is 7.11 Å². The van der Waals surface area contributed by atoms with Gasteiger partial charge in [-0.15, -0.1) is 0 Å². The average molecular weight is 266 g/mol. The predicted octanol–water partition coefficient (Wildman–Crippen LogP) is 1.65. The van der Waals surface area contributed by atoms with Crippen molar-refractivity contribution >= 4 is 11.6 Å². The number of rotatable bonds is 8. The third-order valence-electron chi connectivity index (χ3n) is 2.31. The maximum Gasteiger partial charge on any atom is 0.239 e. The van der Waals surface area contributed by atoms with Gasteiger partial charge in [-0.25, -0.2) is 0 Å². The SMILES string of the molecule is COCCOc1ccc(NCC(=O)NC(C)C)cc1. The number of nitrogens with one attached hydrogen (secondary N) is 2. The van der Waals surface area contributed by atoms with Crippen LogP contribution < -0.4 is 15.4 Å². The fourth-order valence-corrected chi connectivity index (χ4v) is 1.47. The van der Waals surface area contributed by atoms with Gasteiger partial charge in [0.05, 0.1) is 13.2 Å². The highest BCUT2D eigenvalue weighted by Crippen LogP contribution is 2.15. The Bertz CT molecular complexity index is 377. The van der Waals surface area contributed by atoms with Gasteiger partial charge in [0, 0.05) is 18.8 Å². The Kier molecular flexibility index (Phi) is 6.74. The largest absolute Gasteiger partial charge is 0.491 e. The molecule has 0 saturated carbocycles. The number of ether oxygens (including phenoxy) is 2. The van der Waals surface area contributed by atoms with Crippen LogP contribution in [-0.4, -0.2) is 38.8 Å². The summed E-state index contributed by atoms with van der Waals surface area (Å²) < 4.78 is 10.3. The molecule has 5 nitrogen and oxygen atoms in total. The highest BCUT2D eigenvalue weighted by molar-refractivity contribution is 5.80. The molecule has 5 heteroatoms. The van der Waals surface area contributed by atoms with Gasteiger partial charge >= 0.3 is 0 Å². The van der Waals surface area contributed by atoms with Crippen LogP contribution in [0.5, 0.6) is 5.75 Å². The average Bonchev–Trinajstić information content (AvgIpc) is 2.37. The number of amides is 1. The van der Waals surface area contributed by atoms with Crippen LogP contribution in [0.3, 0.4) is 0 Å². The Balaban J connectivity index is 2.33. The highest BCUT2D eigenvalue weighted by atomic mass is 16.5. The minimum atomic E-state index is -0.0181. The summed E-state index contributed by atoms with van der Waals surface area (Å²) in [6.07, 6.45) is 0. The molecule has 0 aliphatic heterocycles. The van der Waals surface area contributed by atoms with Gasteiger partial charge in [0.25, 0.3) is 0 Å². The molecule has 0 aromatic heterocycles. The minimum Gasteiger partial charge on any atom is -0.491 e. The molecule has 0 radical (unpaired) electrons. The summed E-state index contributed by atoms with van der Waals surface area (Å²) in [7, 11) is 1.64. The number of carbonyl (C=O) groups is 1.